The van der Waals surface area contributed by atoms with E-state index in [9.17, 15) is 0 Å². The van der Waals surface area contributed by atoms with Crippen LogP contribution in [-0.4, -0.2) is 26.9 Å². The van der Waals surface area contributed by atoms with Crippen LogP contribution in [0.1, 0.15) is 6.92 Å². The van der Waals surface area contributed by atoms with Crippen molar-refractivity contribution in [3.8, 4) is 17.2 Å². The summed E-state index contributed by atoms with van der Waals surface area (Å²) in [6.45, 7) is 3.85. The van der Waals surface area contributed by atoms with Gasteiger partial charge in [-0.15, -0.1) is 0 Å². The van der Waals surface area contributed by atoms with Gasteiger partial charge in [-0.25, -0.2) is 0 Å². The third-order valence-electron chi connectivity index (χ3n) is 2.93. The van der Waals surface area contributed by atoms with E-state index in [0.717, 1.165) is 22.9 Å². The number of hydrogen-bond acceptors (Lipinski definition) is 4. The molecule has 0 spiro atoms. The van der Waals surface area contributed by atoms with Crippen molar-refractivity contribution in [1.82, 2.24) is 0 Å². The van der Waals surface area contributed by atoms with Gasteiger partial charge >= 0.3 is 0 Å². The first-order chi connectivity index (χ1) is 10.3. The molecular formula is C17H21NO3. The minimum atomic E-state index is 0.542. The highest BCUT2D eigenvalue weighted by atomic mass is 16.5. The Kier molecular flexibility index (Phi) is 5.76. The van der Waals surface area contributed by atoms with Gasteiger partial charge < -0.3 is 19.5 Å². The van der Waals surface area contributed by atoms with Crippen molar-refractivity contribution in [2.75, 3.05) is 32.2 Å². The highest BCUT2D eigenvalue weighted by Gasteiger charge is 2.03. The molecular weight excluding hydrogens is 266 g/mol. The number of nitrogens with one attached hydrogen (secondary N) is 1. The Bertz CT molecular complexity index is 557. The van der Waals surface area contributed by atoms with E-state index in [0.29, 0.717) is 19.8 Å². The average Bonchev–Trinajstić information content (AvgIpc) is 2.53. The number of rotatable bonds is 8. The lowest BCUT2D eigenvalue weighted by molar-refractivity contribution is 0.305. The van der Waals surface area contributed by atoms with Crippen LogP contribution in [0.25, 0.3) is 0 Å². The highest BCUT2D eigenvalue weighted by molar-refractivity contribution is 5.56. The third-order valence-corrected chi connectivity index (χ3v) is 2.93. The molecule has 0 aliphatic carbocycles. The van der Waals surface area contributed by atoms with E-state index in [2.05, 4.69) is 5.32 Å². The summed E-state index contributed by atoms with van der Waals surface area (Å²) in [6.07, 6.45) is 0. The van der Waals surface area contributed by atoms with Gasteiger partial charge in [-0.1, -0.05) is 24.3 Å². The zero-order chi connectivity index (χ0) is 14.9. The molecule has 0 heterocycles. The number of methoxy groups -OCH3 is 1. The second-order valence-corrected chi connectivity index (χ2v) is 4.36. The summed E-state index contributed by atoms with van der Waals surface area (Å²) in [5.74, 6) is 2.35. The van der Waals surface area contributed by atoms with Gasteiger partial charge in [0.15, 0.2) is 11.5 Å². The fraction of sp³-hybridized carbons (Fsp3) is 0.294. The molecule has 0 saturated carbocycles. The zero-order valence-corrected chi connectivity index (χ0v) is 12.5. The van der Waals surface area contributed by atoms with Crippen LogP contribution in [0.5, 0.6) is 17.2 Å². The molecule has 0 radical (unpaired) electrons. The van der Waals surface area contributed by atoms with Gasteiger partial charge in [0.25, 0.3) is 0 Å². The largest absolute Gasteiger partial charge is 0.493 e. The molecule has 21 heavy (non-hydrogen) atoms. The standard InChI is InChI=1S/C17H21NO3/c1-3-20-15-9-5-4-8-14(15)18-12-13-21-17-11-7-6-10-16(17)19-2/h4-11,18H,3,12-13H2,1-2H3. The summed E-state index contributed by atoms with van der Waals surface area (Å²) in [6, 6.07) is 15.5. The van der Waals surface area contributed by atoms with Gasteiger partial charge in [-0.3, -0.25) is 0 Å². The number of hydrogen-bond donors (Lipinski definition) is 1. The van der Waals surface area contributed by atoms with Crippen molar-refractivity contribution in [3.63, 3.8) is 0 Å². The van der Waals surface area contributed by atoms with Crippen LogP contribution >= 0.6 is 0 Å². The molecule has 0 aliphatic heterocycles. The maximum Gasteiger partial charge on any atom is 0.161 e. The van der Waals surface area contributed by atoms with Gasteiger partial charge in [0.2, 0.25) is 0 Å². The third kappa shape index (κ3) is 4.31. The summed E-state index contributed by atoms with van der Waals surface area (Å²) in [4.78, 5) is 0. The molecule has 0 amide bonds. The van der Waals surface area contributed by atoms with Crippen LogP contribution in [0.3, 0.4) is 0 Å². The average molecular weight is 287 g/mol. The summed E-state index contributed by atoms with van der Waals surface area (Å²) in [5.41, 5.74) is 0.975. The van der Waals surface area contributed by atoms with Crippen LogP contribution < -0.4 is 19.5 Å². The summed E-state index contributed by atoms with van der Waals surface area (Å²) in [5, 5.41) is 3.31. The molecule has 2 aromatic carbocycles. The molecule has 4 heteroatoms. The van der Waals surface area contributed by atoms with Crippen LogP contribution in [0.4, 0.5) is 5.69 Å². The summed E-state index contributed by atoms with van der Waals surface area (Å²) in [7, 11) is 1.64. The topological polar surface area (TPSA) is 39.7 Å². The number of para-hydroxylation sites is 4. The number of benzene rings is 2. The predicted molar refractivity (Wildman–Crippen MR) is 84.6 cm³/mol. The Morgan fingerprint density at radius 2 is 1.52 bits per heavy atom. The first-order valence-electron chi connectivity index (χ1n) is 7.06. The van der Waals surface area contributed by atoms with Gasteiger partial charge in [0.1, 0.15) is 12.4 Å². The van der Waals surface area contributed by atoms with Crippen molar-refractivity contribution in [2.24, 2.45) is 0 Å². The maximum atomic E-state index is 5.72. The predicted octanol–water partition coefficient (Wildman–Crippen LogP) is 3.58. The molecule has 2 aromatic rings. The van der Waals surface area contributed by atoms with Gasteiger partial charge in [0.05, 0.1) is 19.4 Å². The first kappa shape index (κ1) is 15.0. The fourth-order valence-corrected chi connectivity index (χ4v) is 1.98. The Balaban J connectivity index is 1.85. The van der Waals surface area contributed by atoms with E-state index < -0.39 is 0 Å². The van der Waals surface area contributed by atoms with Crippen molar-refractivity contribution in [1.29, 1.82) is 0 Å². The molecule has 4 nitrogen and oxygen atoms in total. The molecule has 0 unspecified atom stereocenters. The lowest BCUT2D eigenvalue weighted by Gasteiger charge is -2.13. The lowest BCUT2D eigenvalue weighted by atomic mass is 10.3. The molecule has 0 aromatic heterocycles. The normalized spacial score (nSPS) is 10.0. The minimum Gasteiger partial charge on any atom is -0.493 e. The summed E-state index contributed by atoms with van der Waals surface area (Å²) < 4.78 is 16.5. The molecule has 112 valence electrons. The Labute approximate surface area is 125 Å². The van der Waals surface area contributed by atoms with E-state index in [1.807, 2.05) is 55.5 Å². The van der Waals surface area contributed by atoms with Crippen LogP contribution in [0, 0.1) is 0 Å². The number of anilines is 1. The quantitative estimate of drug-likeness (QED) is 0.753. The van der Waals surface area contributed by atoms with Crippen molar-refractivity contribution in [2.45, 2.75) is 6.92 Å². The molecule has 1 N–H and O–H groups in total. The SMILES string of the molecule is CCOc1ccccc1NCCOc1ccccc1OC. The monoisotopic (exact) mass is 287 g/mol. The molecule has 0 aliphatic rings. The van der Waals surface area contributed by atoms with E-state index in [1.54, 1.807) is 7.11 Å². The second kappa shape index (κ2) is 8.04. The molecule has 2 rings (SSSR count). The molecule has 0 bridgehead atoms. The fourth-order valence-electron chi connectivity index (χ4n) is 1.98. The highest BCUT2D eigenvalue weighted by Crippen LogP contribution is 2.26. The lowest BCUT2D eigenvalue weighted by Crippen LogP contribution is -2.12. The minimum absolute atomic E-state index is 0.542. The van der Waals surface area contributed by atoms with E-state index >= 15 is 0 Å². The van der Waals surface area contributed by atoms with Gasteiger partial charge in [-0.2, -0.15) is 0 Å². The van der Waals surface area contributed by atoms with Crippen LogP contribution in [0.15, 0.2) is 48.5 Å². The smallest absolute Gasteiger partial charge is 0.161 e. The number of ether oxygens (including phenoxy) is 3. The van der Waals surface area contributed by atoms with E-state index in [1.165, 1.54) is 0 Å². The molecule has 0 fully saturated rings. The van der Waals surface area contributed by atoms with Crippen molar-refractivity contribution < 1.29 is 14.2 Å². The maximum absolute atomic E-state index is 5.72. The Hall–Kier alpha value is -2.36. The van der Waals surface area contributed by atoms with Crippen molar-refractivity contribution in [3.05, 3.63) is 48.5 Å². The van der Waals surface area contributed by atoms with Crippen LogP contribution in [-0.2, 0) is 0 Å². The second-order valence-electron chi connectivity index (χ2n) is 4.36. The molecule has 0 saturated heterocycles. The van der Waals surface area contributed by atoms with Crippen LogP contribution in [0.2, 0.25) is 0 Å². The Morgan fingerprint density at radius 1 is 0.857 bits per heavy atom. The molecule has 0 atom stereocenters. The Morgan fingerprint density at radius 3 is 2.24 bits per heavy atom. The van der Waals surface area contributed by atoms with E-state index in [4.69, 9.17) is 14.2 Å². The van der Waals surface area contributed by atoms with Gasteiger partial charge in [0, 0.05) is 6.54 Å². The zero-order valence-electron chi connectivity index (χ0n) is 12.5. The van der Waals surface area contributed by atoms with Gasteiger partial charge in [-0.05, 0) is 31.2 Å². The van der Waals surface area contributed by atoms with Crippen molar-refractivity contribution >= 4 is 5.69 Å². The first-order valence-corrected chi connectivity index (χ1v) is 7.06. The van der Waals surface area contributed by atoms with E-state index in [-0.39, 0.29) is 0 Å². The summed E-state index contributed by atoms with van der Waals surface area (Å²) >= 11 is 0.